The summed E-state index contributed by atoms with van der Waals surface area (Å²) in [6.07, 6.45) is 2.00. The number of hydrogen-bond donors (Lipinski definition) is 1. The molecule has 0 atom stereocenters. The molecule has 5 rings (SSSR count). The SMILES string of the molecule is Cc1ccc(C2(CNc3cc(Cn4c(C)nc5ccccc54)nc(C)n3)CCOCC2)cc1. The van der Waals surface area contributed by atoms with Crippen LogP contribution in [0.3, 0.4) is 0 Å². The van der Waals surface area contributed by atoms with Gasteiger partial charge in [0.05, 0.1) is 23.3 Å². The Hall–Kier alpha value is -3.25. The minimum absolute atomic E-state index is 0.0438. The molecule has 0 radical (unpaired) electrons. The molecule has 3 heterocycles. The van der Waals surface area contributed by atoms with Crippen LogP contribution in [0.15, 0.2) is 54.6 Å². The summed E-state index contributed by atoms with van der Waals surface area (Å²) in [7, 11) is 0. The van der Waals surface area contributed by atoms with E-state index in [1.54, 1.807) is 0 Å². The first kappa shape index (κ1) is 21.6. The molecule has 1 fully saturated rings. The lowest BCUT2D eigenvalue weighted by molar-refractivity contribution is 0.0543. The summed E-state index contributed by atoms with van der Waals surface area (Å²) < 4.78 is 7.92. The van der Waals surface area contributed by atoms with Gasteiger partial charge in [-0.05, 0) is 51.3 Å². The highest BCUT2D eigenvalue weighted by atomic mass is 16.5. The maximum atomic E-state index is 5.70. The zero-order valence-electron chi connectivity index (χ0n) is 19.6. The first-order chi connectivity index (χ1) is 16.0. The van der Waals surface area contributed by atoms with Gasteiger partial charge in [0.15, 0.2) is 0 Å². The summed E-state index contributed by atoms with van der Waals surface area (Å²) in [4.78, 5) is 14.1. The molecule has 0 unspecified atom stereocenters. The summed E-state index contributed by atoms with van der Waals surface area (Å²) in [6, 6.07) is 19.3. The van der Waals surface area contributed by atoms with Crippen molar-refractivity contribution in [1.29, 1.82) is 0 Å². The van der Waals surface area contributed by atoms with Crippen molar-refractivity contribution in [3.8, 4) is 0 Å². The lowest BCUT2D eigenvalue weighted by Gasteiger charge is -2.38. The highest BCUT2D eigenvalue weighted by Gasteiger charge is 2.34. The average molecular weight is 442 g/mol. The lowest BCUT2D eigenvalue weighted by Crippen LogP contribution is -2.40. The molecule has 0 amide bonds. The van der Waals surface area contributed by atoms with Crippen LogP contribution in [0, 0.1) is 20.8 Å². The minimum Gasteiger partial charge on any atom is -0.381 e. The van der Waals surface area contributed by atoms with Crippen LogP contribution >= 0.6 is 0 Å². The fourth-order valence-electron chi connectivity index (χ4n) is 4.86. The Morgan fingerprint density at radius 2 is 1.70 bits per heavy atom. The number of aryl methyl sites for hydroxylation is 3. The van der Waals surface area contributed by atoms with E-state index >= 15 is 0 Å². The molecule has 170 valence electrons. The van der Waals surface area contributed by atoms with Crippen LogP contribution in [0.4, 0.5) is 5.82 Å². The van der Waals surface area contributed by atoms with E-state index in [0.717, 1.165) is 66.8 Å². The standard InChI is InChI=1S/C27H31N5O/c1-19-8-10-22(11-9-19)27(12-14-33-15-13-27)18-28-26-16-23(29-20(2)30-26)17-32-21(3)31-24-6-4-5-7-25(24)32/h4-11,16H,12-15,17-18H2,1-3H3,(H,28,29,30). The van der Waals surface area contributed by atoms with Crippen molar-refractivity contribution in [2.75, 3.05) is 25.1 Å². The summed E-state index contributed by atoms with van der Waals surface area (Å²) >= 11 is 0. The molecule has 1 saturated heterocycles. The quantitative estimate of drug-likeness (QED) is 0.458. The van der Waals surface area contributed by atoms with E-state index in [9.17, 15) is 0 Å². The number of nitrogens with zero attached hydrogens (tertiary/aromatic N) is 4. The number of para-hydroxylation sites is 2. The van der Waals surface area contributed by atoms with Gasteiger partial charge in [-0.25, -0.2) is 15.0 Å². The molecule has 1 N–H and O–H groups in total. The number of hydrogen-bond acceptors (Lipinski definition) is 5. The first-order valence-corrected chi connectivity index (χ1v) is 11.7. The molecule has 6 nitrogen and oxygen atoms in total. The Labute approximate surface area is 195 Å². The van der Waals surface area contributed by atoms with Gasteiger partial charge in [0.2, 0.25) is 0 Å². The highest BCUT2D eigenvalue weighted by Crippen LogP contribution is 2.35. The lowest BCUT2D eigenvalue weighted by atomic mass is 9.74. The predicted octanol–water partition coefficient (Wildman–Crippen LogP) is 4.96. The van der Waals surface area contributed by atoms with Crippen LogP contribution in [-0.4, -0.2) is 39.3 Å². The van der Waals surface area contributed by atoms with Gasteiger partial charge in [0.1, 0.15) is 17.5 Å². The molecule has 0 bridgehead atoms. The fraction of sp³-hybridized carbons (Fsp3) is 0.370. The van der Waals surface area contributed by atoms with E-state index in [-0.39, 0.29) is 5.41 Å². The number of fused-ring (bicyclic) bond motifs is 1. The largest absolute Gasteiger partial charge is 0.381 e. The molecule has 0 spiro atoms. The molecule has 2 aromatic carbocycles. The van der Waals surface area contributed by atoms with Gasteiger partial charge < -0.3 is 14.6 Å². The second-order valence-corrected chi connectivity index (χ2v) is 9.14. The van der Waals surface area contributed by atoms with E-state index in [1.165, 1.54) is 11.1 Å². The Morgan fingerprint density at radius 1 is 0.939 bits per heavy atom. The molecular weight excluding hydrogens is 410 g/mol. The number of nitrogens with one attached hydrogen (secondary N) is 1. The molecule has 2 aromatic heterocycles. The van der Waals surface area contributed by atoms with Crippen molar-refractivity contribution < 1.29 is 4.74 Å². The highest BCUT2D eigenvalue weighted by molar-refractivity contribution is 5.75. The van der Waals surface area contributed by atoms with Crippen LogP contribution in [0.5, 0.6) is 0 Å². The second-order valence-electron chi connectivity index (χ2n) is 9.14. The van der Waals surface area contributed by atoms with Gasteiger partial charge in [0, 0.05) is 31.2 Å². The molecular formula is C27H31N5O. The molecule has 0 aliphatic carbocycles. The Morgan fingerprint density at radius 3 is 2.48 bits per heavy atom. The molecule has 0 saturated carbocycles. The summed E-state index contributed by atoms with van der Waals surface area (Å²) in [6.45, 7) is 9.20. The van der Waals surface area contributed by atoms with Crippen LogP contribution in [0.1, 0.15) is 41.3 Å². The number of anilines is 1. The van der Waals surface area contributed by atoms with Gasteiger partial charge in [-0.1, -0.05) is 42.0 Å². The molecule has 33 heavy (non-hydrogen) atoms. The third-order valence-corrected chi connectivity index (χ3v) is 6.78. The van der Waals surface area contributed by atoms with Crippen LogP contribution in [0.2, 0.25) is 0 Å². The van der Waals surface area contributed by atoms with E-state index in [4.69, 9.17) is 19.7 Å². The van der Waals surface area contributed by atoms with E-state index in [0.29, 0.717) is 6.54 Å². The van der Waals surface area contributed by atoms with E-state index in [2.05, 4.69) is 65.3 Å². The summed E-state index contributed by atoms with van der Waals surface area (Å²) in [5, 5.41) is 3.65. The topological polar surface area (TPSA) is 64.9 Å². The van der Waals surface area contributed by atoms with Gasteiger partial charge >= 0.3 is 0 Å². The molecule has 1 aliphatic rings. The van der Waals surface area contributed by atoms with Gasteiger partial charge in [0.25, 0.3) is 0 Å². The third kappa shape index (κ3) is 4.48. The minimum atomic E-state index is 0.0438. The predicted molar refractivity (Wildman–Crippen MR) is 132 cm³/mol. The third-order valence-electron chi connectivity index (χ3n) is 6.78. The fourth-order valence-corrected chi connectivity index (χ4v) is 4.86. The van der Waals surface area contributed by atoms with Crippen LogP contribution in [-0.2, 0) is 16.7 Å². The Balaban J connectivity index is 1.39. The number of imidazole rings is 1. The number of aromatic nitrogens is 4. The maximum absolute atomic E-state index is 5.70. The second kappa shape index (κ2) is 8.94. The number of rotatable bonds is 6. The van der Waals surface area contributed by atoms with Gasteiger partial charge in [-0.3, -0.25) is 0 Å². The first-order valence-electron chi connectivity index (χ1n) is 11.7. The van der Waals surface area contributed by atoms with E-state index < -0.39 is 0 Å². The van der Waals surface area contributed by atoms with E-state index in [1.807, 2.05) is 19.9 Å². The van der Waals surface area contributed by atoms with Gasteiger partial charge in [-0.2, -0.15) is 0 Å². The molecule has 4 aromatic rings. The van der Waals surface area contributed by atoms with Gasteiger partial charge in [-0.15, -0.1) is 0 Å². The Kier molecular flexibility index (Phi) is 5.85. The summed E-state index contributed by atoms with van der Waals surface area (Å²) in [5.41, 5.74) is 5.82. The van der Waals surface area contributed by atoms with Crippen molar-refractivity contribution >= 4 is 16.9 Å². The van der Waals surface area contributed by atoms with Crippen molar-refractivity contribution in [2.45, 2.75) is 45.6 Å². The molecule has 1 aliphatic heterocycles. The van der Waals surface area contributed by atoms with Crippen molar-refractivity contribution in [2.24, 2.45) is 0 Å². The zero-order chi connectivity index (χ0) is 22.8. The monoisotopic (exact) mass is 441 g/mol. The van der Waals surface area contributed by atoms with Crippen molar-refractivity contribution in [3.05, 3.63) is 83.1 Å². The van der Waals surface area contributed by atoms with Crippen molar-refractivity contribution in [1.82, 2.24) is 19.5 Å². The van der Waals surface area contributed by atoms with Crippen LogP contribution in [0.25, 0.3) is 11.0 Å². The Bertz CT molecular complexity index is 1260. The van der Waals surface area contributed by atoms with Crippen molar-refractivity contribution in [3.63, 3.8) is 0 Å². The zero-order valence-corrected chi connectivity index (χ0v) is 19.6. The summed E-state index contributed by atoms with van der Waals surface area (Å²) in [5.74, 6) is 2.63. The molecule has 6 heteroatoms. The normalized spacial score (nSPS) is 15.6. The maximum Gasteiger partial charge on any atom is 0.130 e. The van der Waals surface area contributed by atoms with Crippen LogP contribution < -0.4 is 5.32 Å². The average Bonchev–Trinajstić information content (AvgIpc) is 3.13. The smallest absolute Gasteiger partial charge is 0.130 e. The number of benzene rings is 2. The number of ether oxygens (including phenoxy) is 1.